The van der Waals surface area contributed by atoms with Crippen LogP contribution in [0.1, 0.15) is 10.6 Å². The van der Waals surface area contributed by atoms with E-state index in [0.717, 1.165) is 21.5 Å². The van der Waals surface area contributed by atoms with Gasteiger partial charge in [0.1, 0.15) is 0 Å². The van der Waals surface area contributed by atoms with Crippen molar-refractivity contribution in [2.45, 2.75) is 13.0 Å². The number of amides is 1. The summed E-state index contributed by atoms with van der Waals surface area (Å²) in [5.41, 5.74) is 1.86. The minimum absolute atomic E-state index is 0.0288. The Bertz CT molecular complexity index is 688. The average molecular weight is 271 g/mol. The third kappa shape index (κ3) is 2.66. The van der Waals surface area contributed by atoms with Gasteiger partial charge in [-0.15, -0.1) is 11.3 Å². The van der Waals surface area contributed by atoms with Gasteiger partial charge in [0.25, 0.3) is 0 Å². The van der Waals surface area contributed by atoms with E-state index in [-0.39, 0.29) is 5.91 Å². The standard InChI is InChI=1S/C14H13N3OS/c18-14(8-10-4-3-7-19-10)15-9-13-11-5-1-2-6-12(11)16-17-13/h1-7H,8-9H2,(H,15,18)(H,16,17). The van der Waals surface area contributed by atoms with Gasteiger partial charge in [-0.2, -0.15) is 5.10 Å². The lowest BCUT2D eigenvalue weighted by Gasteiger charge is -2.02. The largest absolute Gasteiger partial charge is 0.350 e. The van der Waals surface area contributed by atoms with Crippen LogP contribution in [0, 0.1) is 0 Å². The minimum Gasteiger partial charge on any atom is -0.350 e. The molecular formula is C14H13N3OS. The number of hydrogen-bond acceptors (Lipinski definition) is 3. The van der Waals surface area contributed by atoms with Crippen LogP contribution >= 0.6 is 11.3 Å². The molecule has 1 aromatic carbocycles. The number of thiophene rings is 1. The van der Waals surface area contributed by atoms with Crippen LogP contribution in [0.25, 0.3) is 10.9 Å². The maximum absolute atomic E-state index is 11.8. The first-order valence-electron chi connectivity index (χ1n) is 6.04. The predicted octanol–water partition coefficient (Wildman–Crippen LogP) is 2.48. The van der Waals surface area contributed by atoms with Crippen LogP contribution in [0.15, 0.2) is 41.8 Å². The Kier molecular flexibility index (Phi) is 3.29. The first-order valence-corrected chi connectivity index (χ1v) is 6.92. The SMILES string of the molecule is O=C(Cc1cccs1)NCc1[nH]nc2ccccc12. The molecule has 5 heteroatoms. The van der Waals surface area contributed by atoms with Gasteiger partial charge in [-0.1, -0.05) is 24.3 Å². The Balaban J connectivity index is 1.64. The molecule has 0 unspecified atom stereocenters. The molecule has 96 valence electrons. The molecule has 0 saturated carbocycles. The molecule has 0 aliphatic carbocycles. The Labute approximate surface area is 114 Å². The molecule has 0 saturated heterocycles. The van der Waals surface area contributed by atoms with Crippen molar-refractivity contribution in [3.8, 4) is 0 Å². The monoisotopic (exact) mass is 271 g/mol. The molecule has 0 aliphatic heterocycles. The zero-order valence-electron chi connectivity index (χ0n) is 10.2. The van der Waals surface area contributed by atoms with Gasteiger partial charge in [-0.05, 0) is 17.5 Å². The van der Waals surface area contributed by atoms with Crippen molar-refractivity contribution in [1.29, 1.82) is 0 Å². The van der Waals surface area contributed by atoms with Crippen molar-refractivity contribution in [2.75, 3.05) is 0 Å². The van der Waals surface area contributed by atoms with Gasteiger partial charge in [-0.3, -0.25) is 9.89 Å². The number of aromatic nitrogens is 2. The second kappa shape index (κ2) is 5.24. The van der Waals surface area contributed by atoms with E-state index in [2.05, 4.69) is 15.5 Å². The summed E-state index contributed by atoms with van der Waals surface area (Å²) in [4.78, 5) is 12.9. The number of fused-ring (bicyclic) bond motifs is 1. The second-order valence-corrected chi connectivity index (χ2v) is 5.28. The average Bonchev–Trinajstić information content (AvgIpc) is 3.05. The summed E-state index contributed by atoms with van der Waals surface area (Å²) in [6, 6.07) is 11.8. The van der Waals surface area contributed by atoms with Crippen LogP contribution in [-0.4, -0.2) is 16.1 Å². The van der Waals surface area contributed by atoms with Gasteiger partial charge in [0.15, 0.2) is 0 Å². The van der Waals surface area contributed by atoms with E-state index in [9.17, 15) is 4.79 Å². The van der Waals surface area contributed by atoms with Gasteiger partial charge in [0.05, 0.1) is 24.2 Å². The predicted molar refractivity (Wildman–Crippen MR) is 76.0 cm³/mol. The molecule has 0 bridgehead atoms. The molecule has 2 heterocycles. The summed E-state index contributed by atoms with van der Waals surface area (Å²) in [5.74, 6) is 0.0288. The van der Waals surface area contributed by atoms with E-state index in [1.165, 1.54) is 0 Å². The van der Waals surface area contributed by atoms with Crippen molar-refractivity contribution in [2.24, 2.45) is 0 Å². The molecule has 3 rings (SSSR count). The normalized spacial score (nSPS) is 10.7. The number of carbonyl (C=O) groups is 1. The molecule has 1 amide bonds. The maximum Gasteiger partial charge on any atom is 0.225 e. The zero-order valence-corrected chi connectivity index (χ0v) is 11.0. The number of para-hydroxylation sites is 1. The fraction of sp³-hybridized carbons (Fsp3) is 0.143. The summed E-state index contributed by atoms with van der Waals surface area (Å²) in [5, 5.41) is 13.1. The lowest BCUT2D eigenvalue weighted by molar-refractivity contribution is -0.120. The second-order valence-electron chi connectivity index (χ2n) is 4.25. The van der Waals surface area contributed by atoms with Gasteiger partial charge >= 0.3 is 0 Å². The number of carbonyl (C=O) groups excluding carboxylic acids is 1. The smallest absolute Gasteiger partial charge is 0.225 e. The van der Waals surface area contributed by atoms with Gasteiger partial charge in [-0.25, -0.2) is 0 Å². The molecular weight excluding hydrogens is 258 g/mol. The highest BCUT2D eigenvalue weighted by Crippen LogP contribution is 2.15. The molecule has 0 atom stereocenters. The lowest BCUT2D eigenvalue weighted by atomic mass is 10.2. The zero-order chi connectivity index (χ0) is 13.1. The van der Waals surface area contributed by atoms with Gasteiger partial charge < -0.3 is 5.32 Å². The molecule has 0 radical (unpaired) electrons. The van der Waals surface area contributed by atoms with Crippen molar-refractivity contribution in [1.82, 2.24) is 15.5 Å². The Morgan fingerprint density at radius 2 is 2.16 bits per heavy atom. The molecule has 19 heavy (non-hydrogen) atoms. The molecule has 2 N–H and O–H groups in total. The van der Waals surface area contributed by atoms with E-state index >= 15 is 0 Å². The number of nitrogens with one attached hydrogen (secondary N) is 2. The minimum atomic E-state index is 0.0288. The first-order chi connectivity index (χ1) is 9.33. The first kappa shape index (κ1) is 11.9. The number of nitrogens with zero attached hydrogens (tertiary/aromatic N) is 1. The summed E-state index contributed by atoms with van der Waals surface area (Å²) in [6.07, 6.45) is 0.434. The number of aromatic amines is 1. The van der Waals surface area contributed by atoms with Crippen LogP contribution < -0.4 is 5.32 Å². The Morgan fingerprint density at radius 1 is 1.26 bits per heavy atom. The quantitative estimate of drug-likeness (QED) is 0.766. The lowest BCUT2D eigenvalue weighted by Crippen LogP contribution is -2.24. The summed E-state index contributed by atoms with van der Waals surface area (Å²) < 4.78 is 0. The molecule has 2 aromatic heterocycles. The van der Waals surface area contributed by atoms with Crippen LogP contribution in [-0.2, 0) is 17.8 Å². The highest BCUT2D eigenvalue weighted by Gasteiger charge is 2.07. The van der Waals surface area contributed by atoms with Crippen LogP contribution in [0.2, 0.25) is 0 Å². The molecule has 0 spiro atoms. The number of hydrogen-bond donors (Lipinski definition) is 2. The topological polar surface area (TPSA) is 57.8 Å². The van der Waals surface area contributed by atoms with Gasteiger partial charge in [0, 0.05) is 10.3 Å². The van der Waals surface area contributed by atoms with E-state index in [4.69, 9.17) is 0 Å². The molecule has 0 aliphatic rings. The fourth-order valence-electron chi connectivity index (χ4n) is 1.97. The Hall–Kier alpha value is -2.14. The summed E-state index contributed by atoms with van der Waals surface area (Å²) >= 11 is 1.60. The molecule has 4 nitrogen and oxygen atoms in total. The van der Waals surface area contributed by atoms with Crippen molar-refractivity contribution in [3.05, 3.63) is 52.3 Å². The third-order valence-corrected chi connectivity index (χ3v) is 3.79. The highest BCUT2D eigenvalue weighted by molar-refractivity contribution is 7.10. The number of benzene rings is 1. The van der Waals surface area contributed by atoms with Crippen molar-refractivity contribution in [3.63, 3.8) is 0 Å². The van der Waals surface area contributed by atoms with E-state index in [0.29, 0.717) is 13.0 Å². The van der Waals surface area contributed by atoms with Crippen LogP contribution in [0.3, 0.4) is 0 Å². The fourth-order valence-corrected chi connectivity index (χ4v) is 2.67. The van der Waals surface area contributed by atoms with Crippen LogP contribution in [0.5, 0.6) is 0 Å². The van der Waals surface area contributed by atoms with E-state index < -0.39 is 0 Å². The Morgan fingerprint density at radius 3 is 3.00 bits per heavy atom. The van der Waals surface area contributed by atoms with Crippen molar-refractivity contribution < 1.29 is 4.79 Å². The van der Waals surface area contributed by atoms with Crippen molar-refractivity contribution >= 4 is 28.1 Å². The van der Waals surface area contributed by atoms with E-state index in [1.807, 2.05) is 41.8 Å². The van der Waals surface area contributed by atoms with Crippen LogP contribution in [0.4, 0.5) is 0 Å². The molecule has 3 aromatic rings. The highest BCUT2D eigenvalue weighted by atomic mass is 32.1. The molecule has 0 fully saturated rings. The maximum atomic E-state index is 11.8. The van der Waals surface area contributed by atoms with Gasteiger partial charge in [0.2, 0.25) is 5.91 Å². The summed E-state index contributed by atoms with van der Waals surface area (Å²) in [7, 11) is 0. The summed E-state index contributed by atoms with van der Waals surface area (Å²) in [6.45, 7) is 0.477. The van der Waals surface area contributed by atoms with E-state index in [1.54, 1.807) is 11.3 Å². The number of rotatable bonds is 4. The number of H-pyrrole nitrogens is 1. The third-order valence-electron chi connectivity index (χ3n) is 2.92.